The Morgan fingerprint density at radius 2 is 1.92 bits per heavy atom. The van der Waals surface area contributed by atoms with Gasteiger partial charge < -0.3 is 0 Å². The topological polar surface area (TPSA) is 25.8 Å². The highest BCUT2D eigenvalue weighted by Gasteiger charge is 2.07. The number of rotatable bonds is 0. The standard InChI is InChI=1S/C10H8N2S/c1-3-4-8-10-9(7(2)13-8)11-5-6-12-10/h5-6H,1-2H3. The second-order valence-electron chi connectivity index (χ2n) is 2.62. The summed E-state index contributed by atoms with van der Waals surface area (Å²) in [5.41, 5.74) is 1.91. The van der Waals surface area contributed by atoms with Crippen LogP contribution in [0.5, 0.6) is 0 Å². The lowest BCUT2D eigenvalue weighted by molar-refractivity contribution is 1.29. The molecule has 0 spiro atoms. The summed E-state index contributed by atoms with van der Waals surface area (Å²) in [5.74, 6) is 5.92. The summed E-state index contributed by atoms with van der Waals surface area (Å²) in [4.78, 5) is 10.7. The van der Waals surface area contributed by atoms with E-state index in [0.717, 1.165) is 15.9 Å². The normalized spacial score (nSPS) is 9.69. The van der Waals surface area contributed by atoms with Crippen LogP contribution in [-0.2, 0) is 0 Å². The summed E-state index contributed by atoms with van der Waals surface area (Å²) < 4.78 is 0. The Hall–Kier alpha value is -1.40. The van der Waals surface area contributed by atoms with Gasteiger partial charge in [-0.1, -0.05) is 5.92 Å². The lowest BCUT2D eigenvalue weighted by atomic mass is 10.3. The maximum Gasteiger partial charge on any atom is 0.115 e. The number of aryl methyl sites for hydroxylation is 1. The fourth-order valence-corrected chi connectivity index (χ4v) is 2.16. The highest BCUT2D eigenvalue weighted by molar-refractivity contribution is 7.14. The van der Waals surface area contributed by atoms with E-state index in [4.69, 9.17) is 0 Å². The van der Waals surface area contributed by atoms with E-state index in [1.54, 1.807) is 23.7 Å². The van der Waals surface area contributed by atoms with Gasteiger partial charge in [0.2, 0.25) is 0 Å². The quantitative estimate of drug-likeness (QED) is 0.593. The summed E-state index contributed by atoms with van der Waals surface area (Å²) in [6.07, 6.45) is 3.42. The van der Waals surface area contributed by atoms with Crippen molar-refractivity contribution < 1.29 is 0 Å². The fourth-order valence-electron chi connectivity index (χ4n) is 1.21. The first-order valence-corrected chi connectivity index (χ1v) is 4.77. The molecule has 2 nitrogen and oxygen atoms in total. The van der Waals surface area contributed by atoms with Gasteiger partial charge in [0.15, 0.2) is 0 Å². The molecule has 0 N–H and O–H groups in total. The minimum atomic E-state index is 0.930. The van der Waals surface area contributed by atoms with E-state index in [1.807, 2.05) is 13.8 Å². The third kappa shape index (κ3) is 1.30. The lowest BCUT2D eigenvalue weighted by Crippen LogP contribution is -1.79. The van der Waals surface area contributed by atoms with E-state index >= 15 is 0 Å². The average Bonchev–Trinajstić information content (AvgIpc) is 2.46. The second kappa shape index (κ2) is 3.15. The van der Waals surface area contributed by atoms with Gasteiger partial charge in [0.1, 0.15) is 15.9 Å². The number of nitrogens with zero attached hydrogens (tertiary/aromatic N) is 2. The van der Waals surface area contributed by atoms with Gasteiger partial charge in [-0.05, 0) is 13.8 Å². The van der Waals surface area contributed by atoms with Crippen molar-refractivity contribution >= 4 is 22.4 Å². The number of aromatic nitrogens is 2. The molecule has 3 heteroatoms. The van der Waals surface area contributed by atoms with E-state index in [1.165, 1.54) is 4.88 Å². The molecular formula is C10H8N2S. The van der Waals surface area contributed by atoms with Crippen molar-refractivity contribution in [2.24, 2.45) is 0 Å². The Morgan fingerprint density at radius 3 is 2.62 bits per heavy atom. The molecule has 0 atom stereocenters. The maximum absolute atomic E-state index is 4.27. The van der Waals surface area contributed by atoms with Gasteiger partial charge in [0.25, 0.3) is 0 Å². The molecule has 0 aliphatic heterocycles. The Kier molecular flexibility index (Phi) is 1.99. The van der Waals surface area contributed by atoms with Crippen molar-refractivity contribution in [3.05, 3.63) is 22.1 Å². The number of thiophene rings is 1. The van der Waals surface area contributed by atoms with Crippen LogP contribution in [-0.4, -0.2) is 9.97 Å². The monoisotopic (exact) mass is 188 g/mol. The van der Waals surface area contributed by atoms with E-state index < -0.39 is 0 Å². The zero-order valence-electron chi connectivity index (χ0n) is 7.46. The zero-order valence-corrected chi connectivity index (χ0v) is 8.27. The predicted octanol–water partition coefficient (Wildman–Crippen LogP) is 2.37. The molecule has 2 aromatic rings. The third-order valence-electron chi connectivity index (χ3n) is 1.74. The molecule has 2 rings (SSSR count). The SMILES string of the molecule is CC#Cc1sc(C)c2nccnc12. The highest BCUT2D eigenvalue weighted by atomic mass is 32.1. The summed E-state index contributed by atoms with van der Waals surface area (Å²) in [6, 6.07) is 0. The molecule has 0 bridgehead atoms. The van der Waals surface area contributed by atoms with Crippen molar-refractivity contribution in [2.75, 3.05) is 0 Å². The second-order valence-corrected chi connectivity index (χ2v) is 3.84. The van der Waals surface area contributed by atoms with Gasteiger partial charge >= 0.3 is 0 Å². The highest BCUT2D eigenvalue weighted by Crippen LogP contribution is 2.26. The molecule has 2 heterocycles. The zero-order chi connectivity index (χ0) is 9.26. The van der Waals surface area contributed by atoms with E-state index in [0.29, 0.717) is 0 Å². The minimum absolute atomic E-state index is 0.930. The Labute approximate surface area is 80.7 Å². The van der Waals surface area contributed by atoms with Crippen LogP contribution in [0, 0.1) is 18.8 Å². The molecule has 0 unspecified atom stereocenters. The first-order chi connectivity index (χ1) is 6.33. The van der Waals surface area contributed by atoms with Crippen LogP contribution in [0.25, 0.3) is 11.0 Å². The van der Waals surface area contributed by atoms with Gasteiger partial charge in [-0.15, -0.1) is 17.3 Å². The first kappa shape index (κ1) is 8.21. The van der Waals surface area contributed by atoms with Crippen molar-refractivity contribution in [3.63, 3.8) is 0 Å². The lowest BCUT2D eigenvalue weighted by Gasteiger charge is -1.87. The molecule has 2 aromatic heterocycles. The minimum Gasteiger partial charge on any atom is -0.252 e. The molecular weight excluding hydrogens is 180 g/mol. The number of fused-ring (bicyclic) bond motifs is 1. The molecule has 0 radical (unpaired) electrons. The summed E-state index contributed by atoms with van der Waals surface area (Å²) in [5, 5.41) is 0. The molecule has 0 saturated heterocycles. The molecule has 0 amide bonds. The van der Waals surface area contributed by atoms with Crippen LogP contribution in [0.3, 0.4) is 0 Å². The predicted molar refractivity (Wildman–Crippen MR) is 54.7 cm³/mol. The fraction of sp³-hybridized carbons (Fsp3) is 0.200. The van der Waals surface area contributed by atoms with Gasteiger partial charge in [-0.3, -0.25) is 9.97 Å². The van der Waals surface area contributed by atoms with Gasteiger partial charge in [0, 0.05) is 17.3 Å². The Bertz CT molecular complexity index is 502. The number of hydrogen-bond acceptors (Lipinski definition) is 3. The molecule has 0 saturated carbocycles. The summed E-state index contributed by atoms with van der Waals surface area (Å²) >= 11 is 1.65. The Balaban J connectivity index is 2.83. The van der Waals surface area contributed by atoms with E-state index in [-0.39, 0.29) is 0 Å². The van der Waals surface area contributed by atoms with Gasteiger partial charge in [-0.25, -0.2) is 0 Å². The third-order valence-corrected chi connectivity index (χ3v) is 2.74. The van der Waals surface area contributed by atoms with Crippen molar-refractivity contribution in [1.29, 1.82) is 0 Å². The van der Waals surface area contributed by atoms with Crippen LogP contribution in [0.15, 0.2) is 12.4 Å². The van der Waals surface area contributed by atoms with E-state index in [2.05, 4.69) is 21.8 Å². The van der Waals surface area contributed by atoms with E-state index in [9.17, 15) is 0 Å². The summed E-state index contributed by atoms with van der Waals surface area (Å²) in [7, 11) is 0. The molecule has 13 heavy (non-hydrogen) atoms. The Morgan fingerprint density at radius 1 is 1.23 bits per heavy atom. The largest absolute Gasteiger partial charge is 0.252 e. The van der Waals surface area contributed by atoms with Crippen LogP contribution < -0.4 is 0 Å². The van der Waals surface area contributed by atoms with Crippen LogP contribution >= 0.6 is 11.3 Å². The molecule has 0 fully saturated rings. The van der Waals surface area contributed by atoms with Crippen molar-refractivity contribution in [2.45, 2.75) is 13.8 Å². The van der Waals surface area contributed by atoms with Gasteiger partial charge in [0.05, 0.1) is 0 Å². The van der Waals surface area contributed by atoms with Crippen molar-refractivity contribution in [1.82, 2.24) is 9.97 Å². The first-order valence-electron chi connectivity index (χ1n) is 3.96. The van der Waals surface area contributed by atoms with Crippen LogP contribution in [0.4, 0.5) is 0 Å². The van der Waals surface area contributed by atoms with Crippen LogP contribution in [0.2, 0.25) is 0 Å². The number of hydrogen-bond donors (Lipinski definition) is 0. The van der Waals surface area contributed by atoms with Crippen molar-refractivity contribution in [3.8, 4) is 11.8 Å². The molecule has 0 aromatic carbocycles. The van der Waals surface area contributed by atoms with Crippen LogP contribution in [0.1, 0.15) is 16.7 Å². The smallest absolute Gasteiger partial charge is 0.115 e. The maximum atomic E-state index is 4.27. The molecule has 64 valence electrons. The molecule has 0 aliphatic carbocycles. The summed E-state index contributed by atoms with van der Waals surface area (Å²) in [6.45, 7) is 3.87. The average molecular weight is 188 g/mol. The molecule has 0 aliphatic rings. The van der Waals surface area contributed by atoms with Gasteiger partial charge in [-0.2, -0.15) is 0 Å².